The first-order chi connectivity index (χ1) is 11.5. The number of carbonyl (C=O) groups excluding carboxylic acids is 2. The molecule has 1 fully saturated rings. The molecule has 7 nitrogen and oxygen atoms in total. The molecule has 0 aromatic heterocycles. The van der Waals surface area contributed by atoms with E-state index in [4.69, 9.17) is 4.74 Å². The molecule has 25 heavy (non-hydrogen) atoms. The summed E-state index contributed by atoms with van der Waals surface area (Å²) in [4.78, 5) is 25.1. The fraction of sp³-hybridized carbons (Fsp3) is 0.429. The molecule has 1 aliphatic heterocycles. The summed E-state index contributed by atoms with van der Waals surface area (Å²) in [6.07, 6.45) is -2.78. The van der Waals surface area contributed by atoms with Gasteiger partial charge in [0.2, 0.25) is 5.91 Å². The van der Waals surface area contributed by atoms with Crippen molar-refractivity contribution in [2.24, 2.45) is 0 Å². The Kier molecular flexibility index (Phi) is 5.09. The van der Waals surface area contributed by atoms with E-state index in [0.29, 0.717) is 10.5 Å². The van der Waals surface area contributed by atoms with Crippen molar-refractivity contribution in [2.75, 3.05) is 12.0 Å². The van der Waals surface area contributed by atoms with Gasteiger partial charge in [0.05, 0.1) is 12.8 Å². The van der Waals surface area contributed by atoms with E-state index in [-0.39, 0.29) is 17.9 Å². The number of alkyl halides is 3. The number of benzene rings is 1. The molecule has 1 saturated heterocycles. The fourth-order valence-electron chi connectivity index (χ4n) is 2.28. The SMILES string of the molecule is COc1ccc(C)cc1N1C(=O)CCC(OS(=O)(=O)C(F)(F)F)C1=O. The lowest BCUT2D eigenvalue weighted by atomic mass is 10.0. The Bertz CT molecular complexity index is 805. The minimum absolute atomic E-state index is 0.00945. The highest BCUT2D eigenvalue weighted by Gasteiger charge is 2.51. The molecule has 1 atom stereocenters. The van der Waals surface area contributed by atoms with Gasteiger partial charge in [-0.15, -0.1) is 0 Å². The predicted molar refractivity (Wildman–Crippen MR) is 79.3 cm³/mol. The number of nitrogens with zero attached hydrogens (tertiary/aromatic N) is 1. The van der Waals surface area contributed by atoms with Crippen LogP contribution in [-0.2, 0) is 23.9 Å². The molecular formula is C14H14F3NO6S. The van der Waals surface area contributed by atoms with Gasteiger partial charge in [0, 0.05) is 6.42 Å². The molecule has 11 heteroatoms. The quantitative estimate of drug-likeness (QED) is 0.450. The van der Waals surface area contributed by atoms with Crippen LogP contribution in [0.25, 0.3) is 0 Å². The lowest BCUT2D eigenvalue weighted by molar-refractivity contribution is -0.135. The Morgan fingerprint density at radius 3 is 2.44 bits per heavy atom. The maximum Gasteiger partial charge on any atom is 0.523 e. The molecule has 0 saturated carbocycles. The summed E-state index contributed by atoms with van der Waals surface area (Å²) in [6, 6.07) is 4.54. The van der Waals surface area contributed by atoms with Crippen LogP contribution in [0.2, 0.25) is 0 Å². The van der Waals surface area contributed by atoms with Crippen LogP contribution in [0.15, 0.2) is 18.2 Å². The monoisotopic (exact) mass is 381 g/mol. The maximum atomic E-state index is 12.5. The van der Waals surface area contributed by atoms with Crippen molar-refractivity contribution < 1.29 is 40.1 Å². The van der Waals surface area contributed by atoms with E-state index >= 15 is 0 Å². The van der Waals surface area contributed by atoms with Gasteiger partial charge in [-0.05, 0) is 31.0 Å². The molecule has 0 bridgehead atoms. The Hall–Kier alpha value is -2.14. The van der Waals surface area contributed by atoms with Crippen LogP contribution in [0.1, 0.15) is 18.4 Å². The van der Waals surface area contributed by atoms with Crippen molar-refractivity contribution >= 4 is 27.6 Å². The second-order valence-corrected chi connectivity index (χ2v) is 6.83. The number of hydrogen-bond acceptors (Lipinski definition) is 6. The van der Waals surface area contributed by atoms with Crippen LogP contribution in [0.3, 0.4) is 0 Å². The normalized spacial score (nSPS) is 19.2. The van der Waals surface area contributed by atoms with E-state index in [1.807, 2.05) is 0 Å². The predicted octanol–water partition coefficient (Wildman–Crippen LogP) is 1.89. The third kappa shape index (κ3) is 3.76. The number of carbonyl (C=O) groups is 2. The average Bonchev–Trinajstić information content (AvgIpc) is 2.49. The Morgan fingerprint density at radius 1 is 1.24 bits per heavy atom. The minimum Gasteiger partial charge on any atom is -0.495 e. The summed E-state index contributed by atoms with van der Waals surface area (Å²) in [5.74, 6) is -1.77. The standard InChI is InChI=1S/C14H14F3NO6S/c1-8-3-4-10(23-2)9(7-8)18-12(19)6-5-11(13(18)20)24-25(21,22)14(15,16)17/h3-4,7,11H,5-6H2,1-2H3. The summed E-state index contributed by atoms with van der Waals surface area (Å²) in [5, 5.41) is 0. The molecule has 0 aliphatic carbocycles. The molecule has 0 spiro atoms. The molecule has 1 aromatic carbocycles. The summed E-state index contributed by atoms with van der Waals surface area (Å²) in [7, 11) is -4.68. The van der Waals surface area contributed by atoms with E-state index in [1.165, 1.54) is 19.2 Å². The van der Waals surface area contributed by atoms with Crippen LogP contribution >= 0.6 is 0 Å². The minimum atomic E-state index is -5.97. The number of imide groups is 1. The van der Waals surface area contributed by atoms with Gasteiger partial charge in [-0.1, -0.05) is 6.07 Å². The number of anilines is 1. The lowest BCUT2D eigenvalue weighted by Gasteiger charge is -2.31. The second kappa shape index (κ2) is 6.64. The number of ether oxygens (including phenoxy) is 1. The third-order valence-electron chi connectivity index (χ3n) is 3.47. The zero-order valence-corrected chi connectivity index (χ0v) is 14.0. The molecule has 1 heterocycles. The average molecular weight is 381 g/mol. The van der Waals surface area contributed by atoms with Gasteiger partial charge in [-0.3, -0.25) is 9.59 Å². The van der Waals surface area contributed by atoms with Crippen LogP contribution in [0.4, 0.5) is 18.9 Å². The van der Waals surface area contributed by atoms with Crippen molar-refractivity contribution in [1.82, 2.24) is 0 Å². The first kappa shape index (κ1) is 19.2. The van der Waals surface area contributed by atoms with Crippen molar-refractivity contribution in [3.8, 4) is 5.75 Å². The highest BCUT2D eigenvalue weighted by Crippen LogP contribution is 2.34. The van der Waals surface area contributed by atoms with Crippen LogP contribution < -0.4 is 9.64 Å². The largest absolute Gasteiger partial charge is 0.523 e. The van der Waals surface area contributed by atoms with Crippen molar-refractivity contribution in [3.05, 3.63) is 23.8 Å². The van der Waals surface area contributed by atoms with Gasteiger partial charge in [-0.2, -0.15) is 21.6 Å². The first-order valence-electron chi connectivity index (χ1n) is 6.99. The summed E-state index contributed by atoms with van der Waals surface area (Å²) >= 11 is 0. The highest BCUT2D eigenvalue weighted by atomic mass is 32.2. The summed E-state index contributed by atoms with van der Waals surface area (Å²) < 4.78 is 68.7. The van der Waals surface area contributed by atoms with Gasteiger partial charge < -0.3 is 4.74 Å². The highest BCUT2D eigenvalue weighted by molar-refractivity contribution is 7.87. The molecular weight excluding hydrogens is 367 g/mol. The van der Waals surface area contributed by atoms with Crippen molar-refractivity contribution in [2.45, 2.75) is 31.4 Å². The molecule has 1 unspecified atom stereocenters. The van der Waals surface area contributed by atoms with Gasteiger partial charge in [0.1, 0.15) is 5.75 Å². The number of piperidine rings is 1. The van der Waals surface area contributed by atoms with E-state index < -0.39 is 40.0 Å². The molecule has 1 aliphatic rings. The lowest BCUT2D eigenvalue weighted by Crippen LogP contribution is -2.50. The van der Waals surface area contributed by atoms with Crippen LogP contribution in [0.5, 0.6) is 5.75 Å². The number of aryl methyl sites for hydroxylation is 1. The van der Waals surface area contributed by atoms with Crippen molar-refractivity contribution in [3.63, 3.8) is 0 Å². The smallest absolute Gasteiger partial charge is 0.495 e. The number of halogens is 3. The van der Waals surface area contributed by atoms with E-state index in [1.54, 1.807) is 13.0 Å². The molecule has 138 valence electrons. The molecule has 2 amide bonds. The number of hydrogen-bond donors (Lipinski definition) is 0. The Balaban J connectivity index is 2.39. The van der Waals surface area contributed by atoms with Gasteiger partial charge in [0.15, 0.2) is 6.10 Å². The van der Waals surface area contributed by atoms with E-state index in [9.17, 15) is 31.2 Å². The van der Waals surface area contributed by atoms with Gasteiger partial charge in [-0.25, -0.2) is 9.08 Å². The zero-order chi connectivity index (χ0) is 19.0. The first-order valence-corrected chi connectivity index (χ1v) is 8.39. The zero-order valence-electron chi connectivity index (χ0n) is 13.2. The Labute approximate surface area is 141 Å². The summed E-state index contributed by atoms with van der Waals surface area (Å²) in [5.41, 5.74) is -5.00. The fourth-order valence-corrected chi connectivity index (χ4v) is 2.87. The molecule has 1 aromatic rings. The van der Waals surface area contributed by atoms with Crippen molar-refractivity contribution in [1.29, 1.82) is 0 Å². The third-order valence-corrected chi connectivity index (χ3v) is 4.52. The van der Waals surface area contributed by atoms with Crippen LogP contribution in [0, 0.1) is 6.92 Å². The Morgan fingerprint density at radius 2 is 1.88 bits per heavy atom. The summed E-state index contributed by atoms with van der Waals surface area (Å²) in [6.45, 7) is 1.67. The number of methoxy groups -OCH3 is 1. The van der Waals surface area contributed by atoms with E-state index in [0.717, 1.165) is 0 Å². The maximum absolute atomic E-state index is 12.5. The number of rotatable bonds is 4. The van der Waals surface area contributed by atoms with E-state index in [2.05, 4.69) is 4.18 Å². The topological polar surface area (TPSA) is 90.0 Å². The van der Waals surface area contributed by atoms with Gasteiger partial charge >= 0.3 is 15.6 Å². The van der Waals surface area contributed by atoms with Crippen LogP contribution in [-0.4, -0.2) is 39.0 Å². The second-order valence-electron chi connectivity index (χ2n) is 5.27. The van der Waals surface area contributed by atoms with Gasteiger partial charge in [0.25, 0.3) is 5.91 Å². The molecule has 0 radical (unpaired) electrons. The molecule has 0 N–H and O–H groups in total. The number of amides is 2. The molecule has 2 rings (SSSR count).